The molecule has 1 fully saturated rings. The van der Waals surface area contributed by atoms with Gasteiger partial charge in [0.05, 0.1) is 0 Å². The zero-order valence-electron chi connectivity index (χ0n) is 13.0. The highest BCUT2D eigenvalue weighted by Crippen LogP contribution is 2.22. The number of amides is 1. The van der Waals surface area contributed by atoms with E-state index in [0.29, 0.717) is 11.7 Å². The number of carbonyl (C=O) groups is 1. The lowest BCUT2D eigenvalue weighted by atomic mass is 9.92. The summed E-state index contributed by atoms with van der Waals surface area (Å²) in [6.07, 6.45) is 1.63. The number of halogens is 2. The molecule has 2 rings (SSSR count). The molecule has 1 aromatic rings. The lowest BCUT2D eigenvalue weighted by molar-refractivity contribution is -0.139. The molecule has 4 nitrogen and oxygen atoms in total. The predicted octanol–water partition coefficient (Wildman–Crippen LogP) is 3.22. The molecule has 0 spiro atoms. The van der Waals surface area contributed by atoms with Crippen LogP contribution in [0.25, 0.3) is 0 Å². The van der Waals surface area contributed by atoms with E-state index in [2.05, 4.69) is 15.9 Å². The molecule has 3 atom stereocenters. The van der Waals surface area contributed by atoms with Gasteiger partial charge in [0.25, 0.3) is 5.91 Å². The molecule has 3 unspecified atom stereocenters. The number of likely N-dealkylation sites (tertiary alicyclic amines) is 1. The van der Waals surface area contributed by atoms with Gasteiger partial charge in [0.2, 0.25) is 0 Å². The van der Waals surface area contributed by atoms with Gasteiger partial charge in [-0.05, 0) is 50.8 Å². The second-order valence-electron chi connectivity index (χ2n) is 5.76. The van der Waals surface area contributed by atoms with Crippen molar-refractivity contribution in [2.45, 2.75) is 38.8 Å². The molecule has 0 radical (unpaired) electrons. The first-order valence-electron chi connectivity index (χ1n) is 7.44. The number of hydrogen-bond acceptors (Lipinski definition) is 3. The Labute approximate surface area is 146 Å². The third-order valence-electron chi connectivity index (χ3n) is 3.97. The molecule has 124 valence electrons. The molecule has 2 N–H and O–H groups in total. The second-order valence-corrected chi connectivity index (χ2v) is 6.68. The maximum absolute atomic E-state index is 12.5. The van der Waals surface area contributed by atoms with Gasteiger partial charge in [-0.2, -0.15) is 0 Å². The van der Waals surface area contributed by atoms with Crippen molar-refractivity contribution in [2.75, 3.05) is 13.1 Å². The number of ether oxygens (including phenoxy) is 1. The SMILES string of the molecule is CC(Oc1cccc(Br)c1)C(=O)N1CCCC(C(C)N)C1.Cl. The summed E-state index contributed by atoms with van der Waals surface area (Å²) in [6, 6.07) is 7.67. The molecule has 1 heterocycles. The van der Waals surface area contributed by atoms with Crippen LogP contribution in [0.2, 0.25) is 0 Å². The summed E-state index contributed by atoms with van der Waals surface area (Å²) in [6.45, 7) is 5.36. The van der Waals surface area contributed by atoms with E-state index in [0.717, 1.165) is 30.4 Å². The summed E-state index contributed by atoms with van der Waals surface area (Å²) < 4.78 is 6.69. The zero-order valence-corrected chi connectivity index (χ0v) is 15.4. The molecular formula is C16H24BrClN2O2. The highest BCUT2D eigenvalue weighted by Gasteiger charge is 2.29. The number of hydrogen-bond donors (Lipinski definition) is 1. The van der Waals surface area contributed by atoms with Crippen molar-refractivity contribution in [3.05, 3.63) is 28.7 Å². The van der Waals surface area contributed by atoms with Crippen LogP contribution in [-0.4, -0.2) is 36.0 Å². The fraction of sp³-hybridized carbons (Fsp3) is 0.562. The minimum atomic E-state index is -0.480. The highest BCUT2D eigenvalue weighted by atomic mass is 79.9. The van der Waals surface area contributed by atoms with E-state index in [4.69, 9.17) is 10.5 Å². The molecule has 22 heavy (non-hydrogen) atoms. The minimum Gasteiger partial charge on any atom is -0.481 e. The van der Waals surface area contributed by atoms with E-state index in [9.17, 15) is 4.79 Å². The van der Waals surface area contributed by atoms with Gasteiger partial charge >= 0.3 is 0 Å². The smallest absolute Gasteiger partial charge is 0.263 e. The molecular weight excluding hydrogens is 368 g/mol. The van der Waals surface area contributed by atoms with Crippen LogP contribution in [0.15, 0.2) is 28.7 Å². The molecule has 6 heteroatoms. The Balaban J connectivity index is 0.00000242. The van der Waals surface area contributed by atoms with Crippen LogP contribution in [0, 0.1) is 5.92 Å². The summed E-state index contributed by atoms with van der Waals surface area (Å²) in [7, 11) is 0. The average molecular weight is 392 g/mol. The number of nitrogens with two attached hydrogens (primary N) is 1. The van der Waals surface area contributed by atoms with Gasteiger partial charge in [-0.1, -0.05) is 22.0 Å². The molecule has 1 aliphatic heterocycles. The van der Waals surface area contributed by atoms with E-state index >= 15 is 0 Å². The van der Waals surface area contributed by atoms with E-state index in [1.807, 2.05) is 36.1 Å². The van der Waals surface area contributed by atoms with Gasteiger partial charge in [0.1, 0.15) is 5.75 Å². The van der Waals surface area contributed by atoms with Crippen molar-refractivity contribution in [1.82, 2.24) is 4.90 Å². The molecule has 1 aromatic carbocycles. The lowest BCUT2D eigenvalue weighted by Gasteiger charge is -2.35. The van der Waals surface area contributed by atoms with Crippen molar-refractivity contribution in [1.29, 1.82) is 0 Å². The van der Waals surface area contributed by atoms with Crippen molar-refractivity contribution >= 4 is 34.2 Å². The predicted molar refractivity (Wildman–Crippen MR) is 94.4 cm³/mol. The van der Waals surface area contributed by atoms with Crippen LogP contribution in [0.5, 0.6) is 5.75 Å². The molecule has 1 saturated heterocycles. The molecule has 0 bridgehead atoms. The van der Waals surface area contributed by atoms with E-state index < -0.39 is 6.10 Å². The fourth-order valence-electron chi connectivity index (χ4n) is 2.69. The van der Waals surface area contributed by atoms with Crippen LogP contribution in [-0.2, 0) is 4.79 Å². The maximum Gasteiger partial charge on any atom is 0.263 e. The fourth-order valence-corrected chi connectivity index (χ4v) is 3.07. The number of rotatable bonds is 4. The second kappa shape index (κ2) is 8.75. The first-order valence-corrected chi connectivity index (χ1v) is 8.23. The van der Waals surface area contributed by atoms with Gasteiger partial charge in [0, 0.05) is 23.6 Å². The quantitative estimate of drug-likeness (QED) is 0.857. The Morgan fingerprint density at radius 1 is 1.45 bits per heavy atom. The topological polar surface area (TPSA) is 55.6 Å². The van der Waals surface area contributed by atoms with Crippen LogP contribution < -0.4 is 10.5 Å². The summed E-state index contributed by atoms with van der Waals surface area (Å²) in [4.78, 5) is 14.4. The monoisotopic (exact) mass is 390 g/mol. The van der Waals surface area contributed by atoms with Gasteiger partial charge in [-0.3, -0.25) is 4.79 Å². The van der Waals surface area contributed by atoms with Crippen LogP contribution in [0.3, 0.4) is 0 Å². The lowest BCUT2D eigenvalue weighted by Crippen LogP contribution is -2.48. The average Bonchev–Trinajstić information content (AvgIpc) is 2.46. The molecule has 0 aliphatic carbocycles. The molecule has 1 amide bonds. The van der Waals surface area contributed by atoms with Crippen molar-refractivity contribution < 1.29 is 9.53 Å². The van der Waals surface area contributed by atoms with Gasteiger partial charge < -0.3 is 15.4 Å². The van der Waals surface area contributed by atoms with Gasteiger partial charge in [-0.15, -0.1) is 12.4 Å². The standard InChI is InChI=1S/C16H23BrN2O2.ClH/c1-11(18)13-5-4-8-19(10-13)16(20)12(2)21-15-7-3-6-14(17)9-15;/h3,6-7,9,11-13H,4-5,8,10,18H2,1-2H3;1H. The summed E-state index contributed by atoms with van der Waals surface area (Å²) in [5.74, 6) is 1.13. The minimum absolute atomic E-state index is 0. The van der Waals surface area contributed by atoms with E-state index in [-0.39, 0.29) is 24.4 Å². The van der Waals surface area contributed by atoms with E-state index in [1.54, 1.807) is 6.92 Å². The van der Waals surface area contributed by atoms with Gasteiger partial charge in [-0.25, -0.2) is 0 Å². The summed E-state index contributed by atoms with van der Waals surface area (Å²) >= 11 is 3.40. The van der Waals surface area contributed by atoms with Crippen molar-refractivity contribution in [3.63, 3.8) is 0 Å². The van der Waals surface area contributed by atoms with Gasteiger partial charge in [0.15, 0.2) is 6.10 Å². The van der Waals surface area contributed by atoms with E-state index in [1.165, 1.54) is 0 Å². The first-order chi connectivity index (χ1) is 9.97. The third kappa shape index (κ3) is 5.14. The summed E-state index contributed by atoms with van der Waals surface area (Å²) in [5, 5.41) is 0. The molecule has 0 saturated carbocycles. The first kappa shape index (κ1) is 19.3. The van der Waals surface area contributed by atoms with Crippen molar-refractivity contribution in [2.24, 2.45) is 11.7 Å². The van der Waals surface area contributed by atoms with Crippen LogP contribution in [0.1, 0.15) is 26.7 Å². The maximum atomic E-state index is 12.5. The Bertz CT molecular complexity index is 499. The number of benzene rings is 1. The van der Waals surface area contributed by atoms with Crippen molar-refractivity contribution in [3.8, 4) is 5.75 Å². The number of carbonyl (C=O) groups excluding carboxylic acids is 1. The Kier molecular flexibility index (Phi) is 7.66. The highest BCUT2D eigenvalue weighted by molar-refractivity contribution is 9.10. The third-order valence-corrected chi connectivity index (χ3v) is 4.46. The Morgan fingerprint density at radius 3 is 2.82 bits per heavy atom. The Hall–Kier alpha value is -0.780. The number of piperidine rings is 1. The largest absolute Gasteiger partial charge is 0.481 e. The normalized spacial score (nSPS) is 20.7. The summed E-state index contributed by atoms with van der Waals surface area (Å²) in [5.41, 5.74) is 5.97. The van der Waals surface area contributed by atoms with Crippen LogP contribution in [0.4, 0.5) is 0 Å². The molecule has 1 aliphatic rings. The van der Waals surface area contributed by atoms with Crippen LogP contribution >= 0.6 is 28.3 Å². The zero-order chi connectivity index (χ0) is 15.4. The number of nitrogens with zero attached hydrogens (tertiary/aromatic N) is 1. The Morgan fingerprint density at radius 2 is 2.18 bits per heavy atom. The molecule has 0 aromatic heterocycles.